The number of hydrogen-bond donors (Lipinski definition) is 2. The van der Waals surface area contributed by atoms with E-state index in [0.29, 0.717) is 12.3 Å². The smallest absolute Gasteiger partial charge is 0.220 e. The predicted octanol–water partition coefficient (Wildman–Crippen LogP) is 0.618. The van der Waals surface area contributed by atoms with Crippen LogP contribution in [-0.4, -0.2) is 17.4 Å². The Morgan fingerprint density at radius 1 is 1.55 bits per heavy atom. The zero-order valence-corrected chi connectivity index (χ0v) is 6.13. The number of carbonyl (C=O) groups excluding carboxylic acids is 1. The highest BCUT2D eigenvalue weighted by molar-refractivity contribution is 5.79. The Balaban J connectivity index is 2.13. The second-order valence-corrected chi connectivity index (χ2v) is 2.83. The van der Waals surface area contributed by atoms with Gasteiger partial charge in [-0.15, -0.1) is 0 Å². The van der Waals surface area contributed by atoms with E-state index < -0.39 is 0 Å². The lowest BCUT2D eigenvalue weighted by atomic mass is 10.1. The summed E-state index contributed by atoms with van der Waals surface area (Å²) in [5.41, 5.74) is 1.16. The van der Waals surface area contributed by atoms with E-state index in [4.69, 9.17) is 0 Å². The molecule has 1 fully saturated rings. The van der Waals surface area contributed by atoms with Crippen molar-refractivity contribution in [2.75, 3.05) is 6.54 Å². The van der Waals surface area contributed by atoms with E-state index in [0.717, 1.165) is 12.2 Å². The summed E-state index contributed by atoms with van der Waals surface area (Å²) in [5.74, 6) is 0.516. The summed E-state index contributed by atoms with van der Waals surface area (Å²) in [6.07, 6.45) is 2.51. The minimum Gasteiger partial charge on any atom is -0.365 e. The fraction of sp³-hybridized carbons (Fsp3) is 0.375. The molecule has 0 bridgehead atoms. The van der Waals surface area contributed by atoms with Crippen LogP contribution in [0.25, 0.3) is 0 Å². The molecular formula is C8H10N2O. The monoisotopic (exact) mass is 150 g/mol. The Bertz CT molecular complexity index is 253. The molecule has 1 atom stereocenters. The summed E-state index contributed by atoms with van der Waals surface area (Å²) < 4.78 is 0. The summed E-state index contributed by atoms with van der Waals surface area (Å²) >= 11 is 0. The molecule has 1 aromatic rings. The third-order valence-electron chi connectivity index (χ3n) is 2.04. The molecule has 0 aliphatic carbocycles. The van der Waals surface area contributed by atoms with Gasteiger partial charge in [0.2, 0.25) is 5.91 Å². The molecule has 0 radical (unpaired) electrons. The molecular weight excluding hydrogens is 140 g/mol. The molecule has 3 heteroatoms. The number of aromatic nitrogens is 1. The fourth-order valence-electron chi connectivity index (χ4n) is 1.42. The minimum absolute atomic E-state index is 0.157. The lowest BCUT2D eigenvalue weighted by Gasteiger charge is -2.01. The first kappa shape index (κ1) is 6.46. The molecule has 2 N–H and O–H groups in total. The number of nitrogens with one attached hydrogen (secondary N) is 2. The number of hydrogen-bond acceptors (Lipinski definition) is 1. The molecule has 0 spiro atoms. The molecule has 1 amide bonds. The second-order valence-electron chi connectivity index (χ2n) is 2.83. The van der Waals surface area contributed by atoms with Gasteiger partial charge in [0.25, 0.3) is 0 Å². The lowest BCUT2D eigenvalue weighted by molar-refractivity contribution is -0.119. The number of carbonyl (C=O) groups is 1. The Labute approximate surface area is 64.8 Å². The number of aromatic amines is 1. The molecule has 58 valence electrons. The third-order valence-corrected chi connectivity index (χ3v) is 2.04. The molecule has 1 saturated heterocycles. The topological polar surface area (TPSA) is 44.9 Å². The van der Waals surface area contributed by atoms with Crippen LogP contribution in [0.3, 0.4) is 0 Å². The molecule has 1 aromatic heterocycles. The van der Waals surface area contributed by atoms with Crippen molar-refractivity contribution in [1.29, 1.82) is 0 Å². The van der Waals surface area contributed by atoms with Crippen LogP contribution < -0.4 is 5.32 Å². The van der Waals surface area contributed by atoms with Gasteiger partial charge in [0.15, 0.2) is 0 Å². The van der Waals surface area contributed by atoms with Gasteiger partial charge in [-0.2, -0.15) is 0 Å². The number of H-pyrrole nitrogens is 1. The van der Waals surface area contributed by atoms with E-state index >= 15 is 0 Å². The highest BCUT2D eigenvalue weighted by Crippen LogP contribution is 2.20. The number of amides is 1. The largest absolute Gasteiger partial charge is 0.365 e. The van der Waals surface area contributed by atoms with Gasteiger partial charge in [0.05, 0.1) is 0 Å². The van der Waals surface area contributed by atoms with Gasteiger partial charge < -0.3 is 10.3 Å². The van der Waals surface area contributed by atoms with Crippen LogP contribution in [0.2, 0.25) is 0 Å². The Hall–Kier alpha value is -1.25. The van der Waals surface area contributed by atoms with Crippen LogP contribution in [0.1, 0.15) is 18.0 Å². The van der Waals surface area contributed by atoms with Crippen molar-refractivity contribution in [3.63, 3.8) is 0 Å². The van der Waals surface area contributed by atoms with Crippen molar-refractivity contribution in [3.05, 3.63) is 24.0 Å². The van der Waals surface area contributed by atoms with Gasteiger partial charge >= 0.3 is 0 Å². The van der Waals surface area contributed by atoms with Crippen molar-refractivity contribution in [2.45, 2.75) is 12.3 Å². The molecule has 3 nitrogen and oxygen atoms in total. The van der Waals surface area contributed by atoms with Crippen LogP contribution >= 0.6 is 0 Å². The van der Waals surface area contributed by atoms with Crippen molar-refractivity contribution in [1.82, 2.24) is 10.3 Å². The highest BCUT2D eigenvalue weighted by Gasteiger charge is 2.22. The molecule has 11 heavy (non-hydrogen) atoms. The van der Waals surface area contributed by atoms with Gasteiger partial charge in [0.1, 0.15) is 0 Å². The van der Waals surface area contributed by atoms with Crippen LogP contribution in [0.4, 0.5) is 0 Å². The van der Waals surface area contributed by atoms with Crippen LogP contribution in [0.15, 0.2) is 18.3 Å². The summed E-state index contributed by atoms with van der Waals surface area (Å²) in [6, 6.07) is 3.98. The lowest BCUT2D eigenvalue weighted by Crippen LogP contribution is -2.13. The van der Waals surface area contributed by atoms with E-state index in [-0.39, 0.29) is 5.91 Å². The zero-order valence-electron chi connectivity index (χ0n) is 6.13. The maximum atomic E-state index is 10.8. The van der Waals surface area contributed by atoms with Gasteiger partial charge in [-0.1, -0.05) is 0 Å². The molecule has 0 aromatic carbocycles. The van der Waals surface area contributed by atoms with Crippen molar-refractivity contribution < 1.29 is 4.79 Å². The van der Waals surface area contributed by atoms with Crippen molar-refractivity contribution in [3.8, 4) is 0 Å². The van der Waals surface area contributed by atoms with Crippen LogP contribution in [0.5, 0.6) is 0 Å². The predicted molar refractivity (Wildman–Crippen MR) is 41.2 cm³/mol. The first-order valence-electron chi connectivity index (χ1n) is 3.76. The quantitative estimate of drug-likeness (QED) is 0.605. The van der Waals surface area contributed by atoms with E-state index in [1.807, 2.05) is 18.3 Å². The molecule has 1 unspecified atom stereocenters. The first-order chi connectivity index (χ1) is 5.36. The van der Waals surface area contributed by atoms with Gasteiger partial charge in [-0.3, -0.25) is 4.79 Å². The molecule has 0 saturated carbocycles. The first-order valence-corrected chi connectivity index (χ1v) is 3.76. The van der Waals surface area contributed by atoms with E-state index in [1.165, 1.54) is 0 Å². The average molecular weight is 150 g/mol. The highest BCUT2D eigenvalue weighted by atomic mass is 16.1. The van der Waals surface area contributed by atoms with Gasteiger partial charge in [-0.05, 0) is 12.1 Å². The Morgan fingerprint density at radius 2 is 2.45 bits per heavy atom. The average Bonchev–Trinajstić information content (AvgIpc) is 2.55. The molecule has 2 heterocycles. The summed E-state index contributed by atoms with van der Waals surface area (Å²) in [5, 5.41) is 2.80. The maximum absolute atomic E-state index is 10.8. The van der Waals surface area contributed by atoms with Crippen LogP contribution in [-0.2, 0) is 4.79 Å². The van der Waals surface area contributed by atoms with E-state index in [9.17, 15) is 4.79 Å². The Kier molecular flexibility index (Phi) is 1.42. The van der Waals surface area contributed by atoms with Crippen molar-refractivity contribution >= 4 is 5.91 Å². The van der Waals surface area contributed by atoms with Gasteiger partial charge in [-0.25, -0.2) is 0 Å². The fourth-order valence-corrected chi connectivity index (χ4v) is 1.42. The third kappa shape index (κ3) is 1.13. The maximum Gasteiger partial charge on any atom is 0.220 e. The zero-order chi connectivity index (χ0) is 7.68. The normalized spacial score (nSPS) is 23.6. The summed E-state index contributed by atoms with van der Waals surface area (Å²) in [6.45, 7) is 0.777. The van der Waals surface area contributed by atoms with E-state index in [2.05, 4.69) is 10.3 Å². The van der Waals surface area contributed by atoms with Crippen molar-refractivity contribution in [2.24, 2.45) is 0 Å². The van der Waals surface area contributed by atoms with Crippen LogP contribution in [0, 0.1) is 0 Å². The Morgan fingerprint density at radius 3 is 3.00 bits per heavy atom. The SMILES string of the molecule is O=C1CC(c2ccc[nH]2)CN1. The van der Waals surface area contributed by atoms with Gasteiger partial charge in [0, 0.05) is 30.8 Å². The standard InChI is InChI=1S/C8H10N2O/c11-8-4-6(5-10-8)7-2-1-3-9-7/h1-3,6,9H,4-5H2,(H,10,11). The molecule has 1 aliphatic rings. The van der Waals surface area contributed by atoms with E-state index in [1.54, 1.807) is 0 Å². The number of rotatable bonds is 1. The molecule has 2 rings (SSSR count). The molecule has 1 aliphatic heterocycles. The summed E-state index contributed by atoms with van der Waals surface area (Å²) in [7, 11) is 0. The second kappa shape index (κ2) is 2.42. The minimum atomic E-state index is 0.157. The summed E-state index contributed by atoms with van der Waals surface area (Å²) in [4.78, 5) is 13.9.